The molecule has 2 unspecified atom stereocenters. The van der Waals surface area contributed by atoms with E-state index in [1.807, 2.05) is 27.7 Å². The molecule has 3 nitrogen and oxygen atoms in total. The van der Waals surface area contributed by atoms with E-state index in [1.165, 1.54) is 32.1 Å². The SMILES string of the molecule is CC#CCC1(C2CCCCC2)CC2CCC(C1)N2C(=O)OC(C)(C)C. The van der Waals surface area contributed by atoms with Gasteiger partial charge in [0, 0.05) is 18.5 Å². The molecule has 2 heterocycles. The highest BCUT2D eigenvalue weighted by Gasteiger charge is 2.53. The van der Waals surface area contributed by atoms with Crippen LogP contribution in [0.15, 0.2) is 0 Å². The summed E-state index contributed by atoms with van der Waals surface area (Å²) in [5, 5.41) is 0. The molecule has 1 aliphatic carbocycles. The van der Waals surface area contributed by atoms with Gasteiger partial charge in [-0.1, -0.05) is 19.3 Å². The Labute approximate surface area is 153 Å². The number of carbonyl (C=O) groups is 1. The quantitative estimate of drug-likeness (QED) is 0.616. The fraction of sp³-hybridized carbons (Fsp3) is 0.864. The van der Waals surface area contributed by atoms with E-state index in [4.69, 9.17) is 4.74 Å². The molecule has 1 amide bonds. The van der Waals surface area contributed by atoms with Crippen LogP contribution in [0.2, 0.25) is 0 Å². The smallest absolute Gasteiger partial charge is 0.410 e. The zero-order chi connectivity index (χ0) is 18.1. The number of carbonyl (C=O) groups excluding carboxylic acids is 1. The number of rotatable bonds is 2. The average molecular weight is 346 g/mol. The van der Waals surface area contributed by atoms with Crippen LogP contribution in [0.4, 0.5) is 4.79 Å². The summed E-state index contributed by atoms with van der Waals surface area (Å²) >= 11 is 0. The number of hydrogen-bond donors (Lipinski definition) is 0. The van der Waals surface area contributed by atoms with Gasteiger partial charge in [0.2, 0.25) is 0 Å². The van der Waals surface area contributed by atoms with E-state index >= 15 is 0 Å². The van der Waals surface area contributed by atoms with Crippen LogP contribution < -0.4 is 0 Å². The van der Waals surface area contributed by atoms with Crippen molar-refractivity contribution in [3.8, 4) is 11.8 Å². The van der Waals surface area contributed by atoms with Gasteiger partial charge >= 0.3 is 6.09 Å². The van der Waals surface area contributed by atoms with E-state index in [0.717, 1.165) is 38.0 Å². The first kappa shape index (κ1) is 18.6. The van der Waals surface area contributed by atoms with E-state index < -0.39 is 5.60 Å². The number of hydrogen-bond acceptors (Lipinski definition) is 2. The molecule has 0 spiro atoms. The van der Waals surface area contributed by atoms with Crippen molar-refractivity contribution in [2.45, 2.75) is 110 Å². The van der Waals surface area contributed by atoms with Gasteiger partial charge in [-0.05, 0) is 77.6 Å². The minimum Gasteiger partial charge on any atom is -0.444 e. The van der Waals surface area contributed by atoms with E-state index in [-0.39, 0.29) is 6.09 Å². The Bertz CT molecular complexity index is 531. The standard InChI is InChI=1S/C22H35NO2/c1-5-6-14-22(17-10-8-7-9-11-17)15-18-12-13-19(16-22)23(18)20(24)25-21(2,3)4/h17-19H,7-16H2,1-4H3. The molecule has 2 aliphatic heterocycles. The fourth-order valence-electron chi connectivity index (χ4n) is 5.60. The first-order chi connectivity index (χ1) is 11.8. The Morgan fingerprint density at radius 2 is 1.68 bits per heavy atom. The lowest BCUT2D eigenvalue weighted by Gasteiger charge is -2.50. The maximum atomic E-state index is 12.8. The second-order valence-electron chi connectivity index (χ2n) is 9.48. The molecule has 140 valence electrons. The number of piperidine rings is 1. The summed E-state index contributed by atoms with van der Waals surface area (Å²) in [4.78, 5) is 14.8. The van der Waals surface area contributed by atoms with Crippen molar-refractivity contribution in [1.82, 2.24) is 4.90 Å². The molecule has 2 bridgehead atoms. The maximum Gasteiger partial charge on any atom is 0.410 e. The lowest BCUT2D eigenvalue weighted by Crippen LogP contribution is -2.53. The highest BCUT2D eigenvalue weighted by atomic mass is 16.6. The Hall–Kier alpha value is -1.17. The van der Waals surface area contributed by atoms with Gasteiger partial charge in [0.05, 0.1) is 0 Å². The van der Waals surface area contributed by atoms with Gasteiger partial charge < -0.3 is 9.64 Å². The third-order valence-electron chi connectivity index (χ3n) is 6.60. The van der Waals surface area contributed by atoms with Crippen LogP contribution in [0, 0.1) is 23.2 Å². The molecule has 0 N–H and O–H groups in total. The lowest BCUT2D eigenvalue weighted by molar-refractivity contribution is -0.0313. The molecular formula is C22H35NO2. The van der Waals surface area contributed by atoms with Gasteiger partial charge in [0.15, 0.2) is 0 Å². The zero-order valence-corrected chi connectivity index (χ0v) is 16.6. The number of nitrogens with zero attached hydrogens (tertiary/aromatic N) is 1. The Morgan fingerprint density at radius 3 is 2.20 bits per heavy atom. The summed E-state index contributed by atoms with van der Waals surface area (Å²) in [5.41, 5.74) is -0.0874. The molecule has 1 saturated carbocycles. The predicted octanol–water partition coefficient (Wildman–Crippen LogP) is 5.53. The van der Waals surface area contributed by atoms with Gasteiger partial charge in [-0.15, -0.1) is 11.8 Å². The molecule has 0 radical (unpaired) electrons. The summed E-state index contributed by atoms with van der Waals surface area (Å²) in [7, 11) is 0. The second kappa shape index (κ2) is 7.22. The summed E-state index contributed by atoms with van der Waals surface area (Å²) in [6.07, 6.45) is 12.3. The highest BCUT2D eigenvalue weighted by molar-refractivity contribution is 5.69. The van der Waals surface area contributed by atoms with Crippen molar-refractivity contribution in [3.63, 3.8) is 0 Å². The molecule has 3 fully saturated rings. The van der Waals surface area contributed by atoms with Gasteiger partial charge in [0.25, 0.3) is 0 Å². The Balaban J connectivity index is 1.78. The van der Waals surface area contributed by atoms with Crippen LogP contribution in [0.25, 0.3) is 0 Å². The van der Waals surface area contributed by atoms with Crippen molar-refractivity contribution in [2.75, 3.05) is 0 Å². The Kier molecular flexibility index (Phi) is 5.37. The first-order valence-corrected chi connectivity index (χ1v) is 10.3. The fourth-order valence-corrected chi connectivity index (χ4v) is 5.60. The minimum absolute atomic E-state index is 0.0983. The number of ether oxygens (including phenoxy) is 1. The molecular weight excluding hydrogens is 310 g/mol. The van der Waals surface area contributed by atoms with Crippen LogP contribution in [0.5, 0.6) is 0 Å². The molecule has 3 aliphatic rings. The Morgan fingerprint density at radius 1 is 1.08 bits per heavy atom. The van der Waals surface area contributed by atoms with Crippen molar-refractivity contribution in [1.29, 1.82) is 0 Å². The highest BCUT2D eigenvalue weighted by Crippen LogP contribution is 2.55. The van der Waals surface area contributed by atoms with E-state index in [1.54, 1.807) is 0 Å². The van der Waals surface area contributed by atoms with E-state index in [9.17, 15) is 4.79 Å². The van der Waals surface area contributed by atoms with Crippen molar-refractivity contribution in [2.24, 2.45) is 11.3 Å². The minimum atomic E-state index is -0.415. The third-order valence-corrected chi connectivity index (χ3v) is 6.60. The van der Waals surface area contributed by atoms with Crippen molar-refractivity contribution < 1.29 is 9.53 Å². The second-order valence-corrected chi connectivity index (χ2v) is 9.48. The van der Waals surface area contributed by atoms with E-state index in [2.05, 4.69) is 16.7 Å². The molecule has 2 saturated heterocycles. The van der Waals surface area contributed by atoms with E-state index in [0.29, 0.717) is 17.5 Å². The summed E-state index contributed by atoms with van der Waals surface area (Å²) in [5.74, 6) is 7.36. The van der Waals surface area contributed by atoms with Crippen LogP contribution >= 0.6 is 0 Å². The largest absolute Gasteiger partial charge is 0.444 e. The van der Waals surface area contributed by atoms with Crippen LogP contribution in [-0.2, 0) is 4.74 Å². The number of amides is 1. The van der Waals surface area contributed by atoms with Gasteiger partial charge in [-0.3, -0.25) is 0 Å². The predicted molar refractivity (Wildman–Crippen MR) is 101 cm³/mol. The molecule has 0 aromatic rings. The zero-order valence-electron chi connectivity index (χ0n) is 16.6. The molecule has 25 heavy (non-hydrogen) atoms. The topological polar surface area (TPSA) is 29.5 Å². The normalized spacial score (nSPS) is 32.9. The molecule has 2 atom stereocenters. The molecule has 0 aromatic carbocycles. The molecule has 3 rings (SSSR count). The van der Waals surface area contributed by atoms with Gasteiger partial charge in [-0.2, -0.15) is 0 Å². The van der Waals surface area contributed by atoms with Crippen molar-refractivity contribution in [3.05, 3.63) is 0 Å². The summed E-state index contributed by atoms with van der Waals surface area (Å²) < 4.78 is 5.71. The molecule has 3 heteroatoms. The van der Waals surface area contributed by atoms with Gasteiger partial charge in [-0.25, -0.2) is 4.79 Å². The van der Waals surface area contributed by atoms with Crippen molar-refractivity contribution >= 4 is 6.09 Å². The van der Waals surface area contributed by atoms with Gasteiger partial charge in [0.1, 0.15) is 5.60 Å². The number of fused-ring (bicyclic) bond motifs is 2. The maximum absolute atomic E-state index is 12.8. The third kappa shape index (κ3) is 3.99. The van der Waals surface area contributed by atoms with Crippen LogP contribution in [-0.4, -0.2) is 28.7 Å². The molecule has 0 aromatic heterocycles. The summed E-state index contributed by atoms with van der Waals surface area (Å²) in [6.45, 7) is 7.83. The van der Waals surface area contributed by atoms with Crippen LogP contribution in [0.1, 0.15) is 91.9 Å². The average Bonchev–Trinajstić information content (AvgIpc) is 2.84. The monoisotopic (exact) mass is 345 g/mol. The van der Waals surface area contributed by atoms with Crippen LogP contribution in [0.3, 0.4) is 0 Å². The summed E-state index contributed by atoms with van der Waals surface area (Å²) in [6, 6.07) is 0.711. The lowest BCUT2D eigenvalue weighted by atomic mass is 9.60. The first-order valence-electron chi connectivity index (χ1n) is 10.3.